The van der Waals surface area contributed by atoms with Crippen molar-refractivity contribution < 1.29 is 9.90 Å². The number of aromatic nitrogens is 1. The molecule has 1 atom stereocenters. The quantitative estimate of drug-likeness (QED) is 0.497. The van der Waals surface area contributed by atoms with Gasteiger partial charge in [-0.05, 0) is 36.9 Å². The fourth-order valence-corrected chi connectivity index (χ4v) is 4.11. The van der Waals surface area contributed by atoms with E-state index >= 15 is 0 Å². The average molecular weight is 402 g/mol. The summed E-state index contributed by atoms with van der Waals surface area (Å²) in [7, 11) is 3.63. The molecular weight excluding hydrogens is 374 g/mol. The first-order valence-corrected chi connectivity index (χ1v) is 10.2. The van der Waals surface area contributed by atoms with Crippen LogP contribution in [0.4, 0.5) is 0 Å². The summed E-state index contributed by atoms with van der Waals surface area (Å²) in [4.78, 5) is 13.8. The Bertz CT molecular complexity index is 1110. The standard InChI is InChI=1S/C25H27N3O2/c1-26-25(30)19-13-11-18(12-14-19)15-27(2)16-20(29)17-28-23-9-5-3-7-21(23)22-8-4-6-10-24(22)28/h3-14,20,29H,15-17H2,1-2H3,(H,26,30). The van der Waals surface area contributed by atoms with E-state index in [0.29, 0.717) is 25.2 Å². The van der Waals surface area contributed by atoms with Gasteiger partial charge in [0.15, 0.2) is 0 Å². The predicted octanol–water partition coefficient (Wildman–Crippen LogP) is 3.65. The molecule has 154 valence electrons. The molecule has 0 radical (unpaired) electrons. The van der Waals surface area contributed by atoms with Crippen molar-refractivity contribution in [1.29, 1.82) is 0 Å². The number of aliphatic hydroxyl groups is 1. The van der Waals surface area contributed by atoms with E-state index in [2.05, 4.69) is 51.2 Å². The zero-order chi connectivity index (χ0) is 21.1. The van der Waals surface area contributed by atoms with Crippen LogP contribution in [0.2, 0.25) is 0 Å². The maximum atomic E-state index is 11.7. The summed E-state index contributed by atoms with van der Waals surface area (Å²) < 4.78 is 2.21. The summed E-state index contributed by atoms with van der Waals surface area (Å²) in [5, 5.41) is 15.9. The van der Waals surface area contributed by atoms with Crippen LogP contribution in [0.1, 0.15) is 15.9 Å². The van der Waals surface area contributed by atoms with E-state index in [-0.39, 0.29) is 5.91 Å². The normalized spacial score (nSPS) is 12.5. The van der Waals surface area contributed by atoms with Crippen LogP contribution in [-0.4, -0.2) is 47.2 Å². The summed E-state index contributed by atoms with van der Waals surface area (Å²) in [6, 6.07) is 24.3. The van der Waals surface area contributed by atoms with E-state index in [1.807, 2.05) is 43.4 Å². The summed E-state index contributed by atoms with van der Waals surface area (Å²) in [6.45, 7) is 1.80. The maximum Gasteiger partial charge on any atom is 0.251 e. The Hall–Kier alpha value is -3.15. The summed E-state index contributed by atoms with van der Waals surface area (Å²) in [6.07, 6.45) is -0.501. The number of carbonyl (C=O) groups is 1. The molecule has 1 unspecified atom stereocenters. The molecule has 1 aromatic heterocycles. The molecule has 0 aliphatic carbocycles. The molecular formula is C25H27N3O2. The van der Waals surface area contributed by atoms with Crippen LogP contribution < -0.4 is 5.32 Å². The van der Waals surface area contributed by atoms with E-state index in [4.69, 9.17) is 0 Å². The highest BCUT2D eigenvalue weighted by atomic mass is 16.3. The SMILES string of the molecule is CNC(=O)c1ccc(CN(C)CC(O)Cn2c3ccccc3c3ccccc32)cc1. The molecule has 5 heteroatoms. The molecule has 0 bridgehead atoms. The number of para-hydroxylation sites is 2. The highest BCUT2D eigenvalue weighted by molar-refractivity contribution is 6.07. The van der Waals surface area contributed by atoms with Crippen molar-refractivity contribution in [3.63, 3.8) is 0 Å². The van der Waals surface area contributed by atoms with Gasteiger partial charge in [-0.2, -0.15) is 0 Å². The lowest BCUT2D eigenvalue weighted by Gasteiger charge is -2.22. The lowest BCUT2D eigenvalue weighted by molar-refractivity contribution is 0.0963. The van der Waals surface area contributed by atoms with E-state index in [9.17, 15) is 9.90 Å². The minimum atomic E-state index is -0.501. The van der Waals surface area contributed by atoms with E-state index in [1.165, 1.54) is 10.8 Å². The third-order valence-corrected chi connectivity index (χ3v) is 5.49. The topological polar surface area (TPSA) is 57.5 Å². The number of fused-ring (bicyclic) bond motifs is 3. The van der Waals surface area contributed by atoms with Gasteiger partial charge in [-0.3, -0.25) is 9.69 Å². The van der Waals surface area contributed by atoms with E-state index < -0.39 is 6.10 Å². The Morgan fingerprint density at radius 1 is 0.967 bits per heavy atom. The molecule has 0 saturated heterocycles. The van der Waals surface area contributed by atoms with Gasteiger partial charge in [0.1, 0.15) is 0 Å². The molecule has 1 heterocycles. The zero-order valence-electron chi connectivity index (χ0n) is 17.4. The Kier molecular flexibility index (Phi) is 5.84. The molecule has 30 heavy (non-hydrogen) atoms. The van der Waals surface area contributed by atoms with Gasteiger partial charge in [0, 0.05) is 47.5 Å². The minimum Gasteiger partial charge on any atom is -0.390 e. The van der Waals surface area contributed by atoms with Gasteiger partial charge in [0.05, 0.1) is 12.6 Å². The van der Waals surface area contributed by atoms with Crippen LogP contribution in [0.5, 0.6) is 0 Å². The third kappa shape index (κ3) is 4.08. The number of nitrogens with zero attached hydrogens (tertiary/aromatic N) is 2. The molecule has 4 rings (SSSR count). The van der Waals surface area contributed by atoms with Crippen molar-refractivity contribution in [3.05, 3.63) is 83.9 Å². The molecule has 2 N–H and O–H groups in total. The second kappa shape index (κ2) is 8.69. The number of likely N-dealkylation sites (N-methyl/N-ethyl adjacent to an activating group) is 1. The molecule has 0 aliphatic heterocycles. The number of aliphatic hydroxyl groups excluding tert-OH is 1. The minimum absolute atomic E-state index is 0.0866. The molecule has 4 aromatic rings. The van der Waals surface area contributed by atoms with Crippen molar-refractivity contribution in [3.8, 4) is 0 Å². The maximum absolute atomic E-state index is 11.7. The highest BCUT2D eigenvalue weighted by Crippen LogP contribution is 2.28. The number of amides is 1. The van der Waals surface area contributed by atoms with Gasteiger partial charge in [0.2, 0.25) is 0 Å². The van der Waals surface area contributed by atoms with Crippen LogP contribution in [0.15, 0.2) is 72.8 Å². The first kappa shape index (κ1) is 20.1. The molecule has 5 nitrogen and oxygen atoms in total. The molecule has 0 aliphatic rings. The Morgan fingerprint density at radius 3 is 2.10 bits per heavy atom. The summed E-state index contributed by atoms with van der Waals surface area (Å²) in [5.41, 5.74) is 4.04. The largest absolute Gasteiger partial charge is 0.390 e. The second-order valence-corrected chi connectivity index (χ2v) is 7.77. The van der Waals surface area contributed by atoms with Gasteiger partial charge in [0.25, 0.3) is 5.91 Å². The predicted molar refractivity (Wildman–Crippen MR) is 122 cm³/mol. The van der Waals surface area contributed by atoms with Crippen LogP contribution in [0, 0.1) is 0 Å². The number of carbonyl (C=O) groups excluding carboxylic acids is 1. The molecule has 0 fully saturated rings. The van der Waals surface area contributed by atoms with Crippen molar-refractivity contribution in [2.24, 2.45) is 0 Å². The van der Waals surface area contributed by atoms with Gasteiger partial charge < -0.3 is 15.0 Å². The van der Waals surface area contributed by atoms with Gasteiger partial charge in [-0.25, -0.2) is 0 Å². The summed E-state index contributed by atoms with van der Waals surface area (Å²) in [5.74, 6) is -0.0866. The molecule has 1 amide bonds. The lowest BCUT2D eigenvalue weighted by atomic mass is 10.1. The highest BCUT2D eigenvalue weighted by Gasteiger charge is 2.15. The first-order chi connectivity index (χ1) is 14.6. The van der Waals surface area contributed by atoms with Gasteiger partial charge in [-0.1, -0.05) is 48.5 Å². The van der Waals surface area contributed by atoms with Crippen LogP contribution in [0.3, 0.4) is 0 Å². The first-order valence-electron chi connectivity index (χ1n) is 10.2. The number of rotatable bonds is 7. The smallest absolute Gasteiger partial charge is 0.251 e. The van der Waals surface area contributed by atoms with Crippen LogP contribution in [0.25, 0.3) is 21.8 Å². The fraction of sp³-hybridized carbons (Fsp3) is 0.240. The third-order valence-electron chi connectivity index (χ3n) is 5.49. The fourth-order valence-electron chi connectivity index (χ4n) is 4.11. The molecule has 3 aromatic carbocycles. The lowest BCUT2D eigenvalue weighted by Crippen LogP contribution is -2.31. The number of hydrogen-bond donors (Lipinski definition) is 2. The zero-order valence-corrected chi connectivity index (χ0v) is 17.4. The molecule has 0 spiro atoms. The number of hydrogen-bond acceptors (Lipinski definition) is 3. The average Bonchev–Trinajstić information content (AvgIpc) is 3.07. The van der Waals surface area contributed by atoms with E-state index in [1.54, 1.807) is 7.05 Å². The van der Waals surface area contributed by atoms with Gasteiger partial charge in [-0.15, -0.1) is 0 Å². The van der Waals surface area contributed by atoms with Crippen molar-refractivity contribution in [1.82, 2.24) is 14.8 Å². The molecule has 0 saturated carbocycles. The van der Waals surface area contributed by atoms with Crippen LogP contribution in [-0.2, 0) is 13.1 Å². The van der Waals surface area contributed by atoms with Crippen molar-refractivity contribution >= 4 is 27.7 Å². The second-order valence-electron chi connectivity index (χ2n) is 7.77. The Morgan fingerprint density at radius 2 is 1.53 bits per heavy atom. The van der Waals surface area contributed by atoms with Crippen molar-refractivity contribution in [2.75, 3.05) is 20.6 Å². The van der Waals surface area contributed by atoms with Crippen LogP contribution >= 0.6 is 0 Å². The van der Waals surface area contributed by atoms with E-state index in [0.717, 1.165) is 16.6 Å². The monoisotopic (exact) mass is 401 g/mol. The van der Waals surface area contributed by atoms with Crippen molar-refractivity contribution in [2.45, 2.75) is 19.2 Å². The summed E-state index contributed by atoms with van der Waals surface area (Å²) >= 11 is 0. The Labute approximate surface area is 176 Å². The number of benzene rings is 3. The number of nitrogens with one attached hydrogen (secondary N) is 1. The van der Waals surface area contributed by atoms with Gasteiger partial charge >= 0.3 is 0 Å². The Balaban J connectivity index is 1.45.